The molecular formula is C29H37N3O5. The standard InChI is InChI=1S/C29H37N3O5/c1-21-4-9-26-23(18-21)19-24(27(33)37-26)20-29(35,28(30)34)11-10-22-5-7-25(8-6-22)36-17-3-12-32-15-13-31(2)14-16-32/h4-9,18-19,35H,3,10-17,20H2,1-2H3,(H2,30,34). The van der Waals surface area contributed by atoms with Crippen molar-refractivity contribution in [2.45, 2.75) is 38.2 Å². The van der Waals surface area contributed by atoms with Crippen molar-refractivity contribution in [1.82, 2.24) is 9.80 Å². The number of fused-ring (bicyclic) bond motifs is 1. The van der Waals surface area contributed by atoms with E-state index in [1.54, 1.807) is 12.1 Å². The molecule has 3 aromatic rings. The molecule has 1 fully saturated rings. The third-order valence-corrected chi connectivity index (χ3v) is 7.14. The molecule has 1 aliphatic heterocycles. The fraction of sp³-hybridized carbons (Fsp3) is 0.448. The lowest BCUT2D eigenvalue weighted by atomic mass is 9.88. The summed E-state index contributed by atoms with van der Waals surface area (Å²) in [6.45, 7) is 8.07. The molecule has 1 unspecified atom stereocenters. The molecule has 0 spiro atoms. The summed E-state index contributed by atoms with van der Waals surface area (Å²) in [5.74, 6) is -0.0760. The lowest BCUT2D eigenvalue weighted by Gasteiger charge is -2.32. The van der Waals surface area contributed by atoms with E-state index in [0.29, 0.717) is 18.6 Å². The Morgan fingerprint density at radius 3 is 2.54 bits per heavy atom. The van der Waals surface area contributed by atoms with Crippen LogP contribution >= 0.6 is 0 Å². The van der Waals surface area contributed by atoms with Crippen LogP contribution in [0.1, 0.15) is 29.5 Å². The van der Waals surface area contributed by atoms with Crippen LogP contribution < -0.4 is 16.1 Å². The van der Waals surface area contributed by atoms with E-state index in [4.69, 9.17) is 14.9 Å². The number of aryl methyl sites for hydroxylation is 2. The zero-order chi connectivity index (χ0) is 26.4. The minimum Gasteiger partial charge on any atom is -0.494 e. The van der Waals surface area contributed by atoms with Crippen molar-refractivity contribution in [2.24, 2.45) is 5.73 Å². The molecule has 0 radical (unpaired) electrons. The molecule has 0 saturated carbocycles. The summed E-state index contributed by atoms with van der Waals surface area (Å²) in [7, 11) is 2.16. The van der Waals surface area contributed by atoms with Crippen LogP contribution in [0.4, 0.5) is 0 Å². The van der Waals surface area contributed by atoms with E-state index in [2.05, 4.69) is 16.8 Å². The number of piperazine rings is 1. The number of ether oxygens (including phenoxy) is 1. The van der Waals surface area contributed by atoms with E-state index in [1.165, 1.54) is 0 Å². The second-order valence-electron chi connectivity index (χ2n) is 10.2. The maximum absolute atomic E-state index is 12.5. The predicted octanol–water partition coefficient (Wildman–Crippen LogP) is 2.51. The van der Waals surface area contributed by atoms with Gasteiger partial charge in [0.1, 0.15) is 16.9 Å². The van der Waals surface area contributed by atoms with Crippen LogP contribution in [0.25, 0.3) is 11.0 Å². The van der Waals surface area contributed by atoms with E-state index in [9.17, 15) is 14.7 Å². The average molecular weight is 508 g/mol. The molecule has 0 bridgehead atoms. The number of carbonyl (C=O) groups excluding carboxylic acids is 1. The molecule has 0 aliphatic carbocycles. The number of amides is 1. The van der Waals surface area contributed by atoms with Gasteiger partial charge in [-0.25, -0.2) is 4.79 Å². The van der Waals surface area contributed by atoms with E-state index in [-0.39, 0.29) is 18.4 Å². The van der Waals surface area contributed by atoms with Crippen LogP contribution in [-0.2, 0) is 17.6 Å². The van der Waals surface area contributed by atoms with Crippen molar-refractivity contribution in [3.63, 3.8) is 0 Å². The van der Waals surface area contributed by atoms with E-state index in [1.807, 2.05) is 43.3 Å². The van der Waals surface area contributed by atoms with Crippen LogP contribution in [0.3, 0.4) is 0 Å². The highest BCUT2D eigenvalue weighted by Crippen LogP contribution is 2.23. The Morgan fingerprint density at radius 2 is 1.84 bits per heavy atom. The number of likely N-dealkylation sites (N-methyl/N-ethyl adjacent to an activating group) is 1. The van der Waals surface area contributed by atoms with Gasteiger partial charge in [0, 0.05) is 50.1 Å². The minimum atomic E-state index is -1.87. The largest absolute Gasteiger partial charge is 0.494 e. The van der Waals surface area contributed by atoms with E-state index < -0.39 is 17.1 Å². The summed E-state index contributed by atoms with van der Waals surface area (Å²) in [6.07, 6.45) is 1.27. The molecule has 8 nitrogen and oxygen atoms in total. The maximum Gasteiger partial charge on any atom is 0.339 e. The molecule has 3 N–H and O–H groups in total. The van der Waals surface area contributed by atoms with Gasteiger partial charge in [0.15, 0.2) is 0 Å². The Bertz CT molecular complexity index is 1260. The van der Waals surface area contributed by atoms with Gasteiger partial charge in [0.05, 0.1) is 6.61 Å². The van der Waals surface area contributed by atoms with Crippen LogP contribution in [0.2, 0.25) is 0 Å². The first-order valence-electron chi connectivity index (χ1n) is 12.9. The molecule has 1 aliphatic rings. The number of carbonyl (C=O) groups is 1. The molecule has 4 rings (SSSR count). The van der Waals surface area contributed by atoms with Crippen molar-refractivity contribution in [1.29, 1.82) is 0 Å². The van der Waals surface area contributed by atoms with E-state index >= 15 is 0 Å². The molecular weight excluding hydrogens is 470 g/mol. The number of rotatable bonds is 11. The molecule has 37 heavy (non-hydrogen) atoms. The van der Waals surface area contributed by atoms with Gasteiger partial charge in [0.25, 0.3) is 0 Å². The topological polar surface area (TPSA) is 109 Å². The zero-order valence-electron chi connectivity index (χ0n) is 21.7. The highest BCUT2D eigenvalue weighted by molar-refractivity contribution is 5.84. The second-order valence-corrected chi connectivity index (χ2v) is 10.2. The van der Waals surface area contributed by atoms with Gasteiger partial charge in [-0.2, -0.15) is 0 Å². The Morgan fingerprint density at radius 1 is 1.11 bits per heavy atom. The second kappa shape index (κ2) is 11.9. The zero-order valence-corrected chi connectivity index (χ0v) is 21.7. The predicted molar refractivity (Wildman–Crippen MR) is 144 cm³/mol. The summed E-state index contributed by atoms with van der Waals surface area (Å²) < 4.78 is 11.3. The monoisotopic (exact) mass is 507 g/mol. The number of primary amides is 1. The molecule has 1 atom stereocenters. The van der Waals surface area contributed by atoms with Crippen molar-refractivity contribution >= 4 is 16.9 Å². The van der Waals surface area contributed by atoms with Gasteiger partial charge >= 0.3 is 5.63 Å². The summed E-state index contributed by atoms with van der Waals surface area (Å²) in [4.78, 5) is 29.5. The Labute approximate surface area is 217 Å². The van der Waals surface area contributed by atoms with Gasteiger partial charge in [0.2, 0.25) is 5.91 Å². The SMILES string of the molecule is Cc1ccc2oc(=O)c(CC(O)(CCc3ccc(OCCCN4CCN(C)CC4)cc3)C(N)=O)cc2c1. The maximum atomic E-state index is 12.5. The lowest BCUT2D eigenvalue weighted by molar-refractivity contribution is -0.136. The fourth-order valence-electron chi connectivity index (χ4n) is 4.68. The van der Waals surface area contributed by atoms with Gasteiger partial charge in [-0.1, -0.05) is 23.8 Å². The first-order chi connectivity index (χ1) is 17.7. The number of aliphatic hydroxyl groups is 1. The van der Waals surface area contributed by atoms with Gasteiger partial charge in [-0.3, -0.25) is 4.79 Å². The quantitative estimate of drug-likeness (QED) is 0.303. The normalized spacial score (nSPS) is 16.5. The van der Waals surface area contributed by atoms with Crippen LogP contribution in [0.15, 0.2) is 57.7 Å². The van der Waals surface area contributed by atoms with Gasteiger partial charge < -0.3 is 29.8 Å². The fourth-order valence-corrected chi connectivity index (χ4v) is 4.68. The Hall–Kier alpha value is -3.20. The van der Waals surface area contributed by atoms with Gasteiger partial charge in [-0.15, -0.1) is 0 Å². The molecule has 198 valence electrons. The highest BCUT2D eigenvalue weighted by atomic mass is 16.5. The minimum absolute atomic E-state index is 0.0822. The number of hydrogen-bond acceptors (Lipinski definition) is 7. The molecule has 1 aromatic heterocycles. The van der Waals surface area contributed by atoms with Crippen LogP contribution in [0, 0.1) is 6.92 Å². The van der Waals surface area contributed by atoms with Crippen LogP contribution in [0.5, 0.6) is 5.75 Å². The van der Waals surface area contributed by atoms with Crippen molar-refractivity contribution in [3.8, 4) is 5.75 Å². The third kappa shape index (κ3) is 7.19. The number of nitrogens with two attached hydrogens (primary N) is 1. The smallest absolute Gasteiger partial charge is 0.339 e. The van der Waals surface area contributed by atoms with Gasteiger partial charge in [-0.05, 0) is 69.1 Å². The summed E-state index contributed by atoms with van der Waals surface area (Å²) in [6, 6.07) is 14.8. The summed E-state index contributed by atoms with van der Waals surface area (Å²) >= 11 is 0. The molecule has 8 heteroatoms. The molecule has 1 amide bonds. The first-order valence-corrected chi connectivity index (χ1v) is 12.9. The number of hydrogen-bond donors (Lipinski definition) is 2. The summed E-state index contributed by atoms with van der Waals surface area (Å²) in [5.41, 5.74) is 5.76. The Kier molecular flexibility index (Phi) is 8.63. The van der Waals surface area contributed by atoms with E-state index in [0.717, 1.165) is 61.4 Å². The van der Waals surface area contributed by atoms with Crippen LogP contribution in [-0.4, -0.2) is 72.8 Å². The molecule has 2 heterocycles. The first kappa shape index (κ1) is 26.9. The Balaban J connectivity index is 1.31. The lowest BCUT2D eigenvalue weighted by Crippen LogP contribution is -2.47. The average Bonchev–Trinajstić information content (AvgIpc) is 2.88. The number of benzene rings is 2. The van der Waals surface area contributed by atoms with Crippen molar-refractivity contribution in [3.05, 3.63) is 75.6 Å². The molecule has 2 aromatic carbocycles. The third-order valence-electron chi connectivity index (χ3n) is 7.14. The summed E-state index contributed by atoms with van der Waals surface area (Å²) in [5, 5.41) is 11.8. The van der Waals surface area contributed by atoms with Crippen molar-refractivity contribution in [2.75, 3.05) is 46.4 Å². The van der Waals surface area contributed by atoms with Crippen molar-refractivity contribution < 1.29 is 19.1 Å². The highest BCUT2D eigenvalue weighted by Gasteiger charge is 2.35. The number of nitrogens with zero attached hydrogens (tertiary/aromatic N) is 2. The molecule has 1 saturated heterocycles.